The van der Waals surface area contributed by atoms with E-state index in [2.05, 4.69) is 0 Å². The molecule has 0 N–H and O–H groups in total. The Kier molecular flexibility index (Phi) is 6.24. The van der Waals surface area contributed by atoms with Crippen LogP contribution in [-0.4, -0.2) is 26.3 Å². The van der Waals surface area contributed by atoms with Crippen LogP contribution in [0.5, 0.6) is 11.5 Å². The fourth-order valence-electron chi connectivity index (χ4n) is 2.88. The zero-order valence-corrected chi connectivity index (χ0v) is 14.6. The Bertz CT molecular complexity index is 633. The minimum atomic E-state index is -0.356. The molecule has 0 bridgehead atoms. The molecule has 0 radical (unpaired) electrons. The summed E-state index contributed by atoms with van der Waals surface area (Å²) in [6.07, 6.45) is -0.0143. The van der Waals surface area contributed by atoms with Crippen molar-refractivity contribution in [3.63, 3.8) is 0 Å². The van der Waals surface area contributed by atoms with E-state index in [0.717, 1.165) is 22.6 Å². The summed E-state index contributed by atoms with van der Waals surface area (Å²) in [5.74, 6) is 1.10. The number of esters is 1. The standard InChI is InChI=1S/C20H24O4/c1-5-19(21)24-14(2)20(15-10-6-8-12-17(15)22-3)16-11-7-9-13-18(16)23-4/h6-14,20H,5H2,1-4H3. The first kappa shape index (κ1) is 17.9. The number of methoxy groups -OCH3 is 2. The van der Waals surface area contributed by atoms with Gasteiger partial charge in [-0.1, -0.05) is 43.3 Å². The maximum absolute atomic E-state index is 11.8. The van der Waals surface area contributed by atoms with E-state index in [1.807, 2.05) is 55.5 Å². The summed E-state index contributed by atoms with van der Waals surface area (Å²) in [7, 11) is 3.28. The highest BCUT2D eigenvalue weighted by Gasteiger charge is 2.29. The van der Waals surface area contributed by atoms with Gasteiger partial charge in [0.2, 0.25) is 0 Å². The summed E-state index contributed by atoms with van der Waals surface area (Å²) in [4.78, 5) is 11.8. The number of ether oxygens (including phenoxy) is 3. The zero-order chi connectivity index (χ0) is 17.5. The average Bonchev–Trinajstić information content (AvgIpc) is 2.62. The lowest BCUT2D eigenvalue weighted by Gasteiger charge is -2.27. The number of carbonyl (C=O) groups is 1. The van der Waals surface area contributed by atoms with Gasteiger partial charge in [0.1, 0.15) is 17.6 Å². The van der Waals surface area contributed by atoms with Crippen molar-refractivity contribution in [3.05, 3.63) is 59.7 Å². The molecule has 0 aliphatic carbocycles. The second-order valence-corrected chi connectivity index (χ2v) is 5.51. The normalized spacial score (nSPS) is 11.9. The lowest BCUT2D eigenvalue weighted by Crippen LogP contribution is -2.24. The Morgan fingerprint density at radius 3 is 1.79 bits per heavy atom. The number of benzene rings is 2. The van der Waals surface area contributed by atoms with Crippen LogP contribution in [0, 0.1) is 0 Å². The molecular weight excluding hydrogens is 304 g/mol. The van der Waals surface area contributed by atoms with Gasteiger partial charge in [0.25, 0.3) is 0 Å². The second-order valence-electron chi connectivity index (χ2n) is 5.51. The van der Waals surface area contributed by atoms with Crippen LogP contribution >= 0.6 is 0 Å². The van der Waals surface area contributed by atoms with Gasteiger partial charge in [0.05, 0.1) is 20.1 Å². The van der Waals surface area contributed by atoms with Crippen molar-refractivity contribution in [1.29, 1.82) is 0 Å². The smallest absolute Gasteiger partial charge is 0.305 e. The minimum Gasteiger partial charge on any atom is -0.496 e. The summed E-state index contributed by atoms with van der Waals surface area (Å²) < 4.78 is 16.7. The molecule has 0 saturated heterocycles. The first-order valence-corrected chi connectivity index (χ1v) is 8.07. The Morgan fingerprint density at radius 1 is 0.917 bits per heavy atom. The van der Waals surface area contributed by atoms with Crippen LogP contribution in [0.25, 0.3) is 0 Å². The molecule has 0 aliphatic heterocycles. The molecule has 0 amide bonds. The predicted molar refractivity (Wildman–Crippen MR) is 93.7 cm³/mol. The molecule has 128 valence electrons. The van der Waals surface area contributed by atoms with E-state index in [4.69, 9.17) is 14.2 Å². The molecule has 0 spiro atoms. The molecular formula is C20H24O4. The van der Waals surface area contributed by atoms with E-state index >= 15 is 0 Å². The summed E-state index contributed by atoms with van der Waals surface area (Å²) in [6.45, 7) is 3.69. The van der Waals surface area contributed by atoms with E-state index in [0.29, 0.717) is 6.42 Å². The van der Waals surface area contributed by atoms with Gasteiger partial charge in [-0.05, 0) is 19.1 Å². The van der Waals surface area contributed by atoms with E-state index in [-0.39, 0.29) is 18.0 Å². The largest absolute Gasteiger partial charge is 0.496 e. The fourth-order valence-corrected chi connectivity index (χ4v) is 2.88. The monoisotopic (exact) mass is 328 g/mol. The molecule has 1 atom stereocenters. The van der Waals surface area contributed by atoms with Crippen molar-refractivity contribution in [3.8, 4) is 11.5 Å². The summed E-state index contributed by atoms with van der Waals surface area (Å²) >= 11 is 0. The first-order valence-electron chi connectivity index (χ1n) is 8.07. The lowest BCUT2D eigenvalue weighted by molar-refractivity contribution is -0.148. The van der Waals surface area contributed by atoms with Gasteiger partial charge in [0, 0.05) is 17.5 Å². The minimum absolute atomic E-state index is 0.187. The van der Waals surface area contributed by atoms with Crippen molar-refractivity contribution < 1.29 is 19.0 Å². The molecule has 2 rings (SSSR count). The van der Waals surface area contributed by atoms with Gasteiger partial charge in [-0.25, -0.2) is 0 Å². The number of rotatable bonds is 7. The van der Waals surface area contributed by atoms with Gasteiger partial charge in [-0.2, -0.15) is 0 Å². The van der Waals surface area contributed by atoms with Crippen molar-refractivity contribution in [2.75, 3.05) is 14.2 Å². The highest BCUT2D eigenvalue weighted by atomic mass is 16.5. The Labute approximate surface area is 143 Å². The maximum Gasteiger partial charge on any atom is 0.305 e. The SMILES string of the molecule is CCC(=O)OC(C)C(c1ccccc1OC)c1ccccc1OC. The summed E-state index contributed by atoms with van der Waals surface area (Å²) in [5.41, 5.74) is 1.92. The van der Waals surface area contributed by atoms with Crippen LogP contribution in [0.2, 0.25) is 0 Å². The first-order chi connectivity index (χ1) is 11.6. The van der Waals surface area contributed by atoms with E-state index < -0.39 is 0 Å². The van der Waals surface area contributed by atoms with Crippen molar-refractivity contribution >= 4 is 5.97 Å². The fraction of sp³-hybridized carbons (Fsp3) is 0.350. The molecule has 0 fully saturated rings. The number of hydrogen-bond acceptors (Lipinski definition) is 4. The van der Waals surface area contributed by atoms with Crippen LogP contribution in [0.1, 0.15) is 37.3 Å². The molecule has 24 heavy (non-hydrogen) atoms. The highest BCUT2D eigenvalue weighted by molar-refractivity contribution is 5.69. The van der Waals surface area contributed by atoms with E-state index in [1.54, 1.807) is 21.1 Å². The van der Waals surface area contributed by atoms with Crippen molar-refractivity contribution in [1.82, 2.24) is 0 Å². The van der Waals surface area contributed by atoms with Gasteiger partial charge in [-0.3, -0.25) is 4.79 Å². The van der Waals surface area contributed by atoms with Gasteiger partial charge in [-0.15, -0.1) is 0 Å². The summed E-state index contributed by atoms with van der Waals surface area (Å²) in [5, 5.41) is 0. The maximum atomic E-state index is 11.8. The molecule has 0 saturated carbocycles. The highest BCUT2D eigenvalue weighted by Crippen LogP contribution is 2.39. The molecule has 0 heterocycles. The third kappa shape index (κ3) is 3.88. The Balaban J connectivity index is 2.55. The zero-order valence-electron chi connectivity index (χ0n) is 14.6. The van der Waals surface area contributed by atoms with Gasteiger partial charge >= 0.3 is 5.97 Å². The summed E-state index contributed by atoms with van der Waals surface area (Å²) in [6, 6.07) is 15.6. The van der Waals surface area contributed by atoms with Crippen LogP contribution in [0.15, 0.2) is 48.5 Å². The average molecular weight is 328 g/mol. The molecule has 4 nitrogen and oxygen atoms in total. The van der Waals surface area contributed by atoms with Gasteiger partial charge in [0.15, 0.2) is 0 Å². The molecule has 2 aromatic carbocycles. The van der Waals surface area contributed by atoms with Crippen LogP contribution in [-0.2, 0) is 9.53 Å². The molecule has 1 unspecified atom stereocenters. The van der Waals surface area contributed by atoms with Crippen molar-refractivity contribution in [2.45, 2.75) is 32.3 Å². The van der Waals surface area contributed by atoms with Gasteiger partial charge < -0.3 is 14.2 Å². The van der Waals surface area contributed by atoms with E-state index in [1.165, 1.54) is 0 Å². The van der Waals surface area contributed by atoms with Crippen LogP contribution < -0.4 is 9.47 Å². The Hall–Kier alpha value is -2.49. The molecule has 0 aromatic heterocycles. The second kappa shape index (κ2) is 8.39. The van der Waals surface area contributed by atoms with E-state index in [9.17, 15) is 4.79 Å². The number of hydrogen-bond donors (Lipinski definition) is 0. The topological polar surface area (TPSA) is 44.8 Å². The molecule has 4 heteroatoms. The third-order valence-corrected chi connectivity index (χ3v) is 4.02. The quantitative estimate of drug-likeness (QED) is 0.715. The molecule has 0 aliphatic rings. The van der Waals surface area contributed by atoms with Crippen molar-refractivity contribution in [2.24, 2.45) is 0 Å². The lowest BCUT2D eigenvalue weighted by atomic mass is 9.86. The number of para-hydroxylation sites is 2. The Morgan fingerprint density at radius 2 is 1.38 bits per heavy atom. The van der Waals surface area contributed by atoms with Crippen LogP contribution in [0.3, 0.4) is 0 Å². The number of carbonyl (C=O) groups excluding carboxylic acids is 1. The third-order valence-electron chi connectivity index (χ3n) is 4.02. The van der Waals surface area contributed by atoms with Crippen LogP contribution in [0.4, 0.5) is 0 Å². The molecule has 2 aromatic rings. The predicted octanol–water partition coefficient (Wildman–Crippen LogP) is 4.18.